The molecule has 1 N–H and O–H groups in total. The number of rotatable bonds is 3. The Bertz CT molecular complexity index is 819. The summed E-state index contributed by atoms with van der Waals surface area (Å²) >= 11 is 0. The van der Waals surface area contributed by atoms with Gasteiger partial charge in [0, 0.05) is 23.5 Å². The van der Waals surface area contributed by atoms with Crippen molar-refractivity contribution in [2.45, 2.75) is 13.3 Å². The van der Waals surface area contributed by atoms with Gasteiger partial charge in [0.05, 0.1) is 18.1 Å². The van der Waals surface area contributed by atoms with Gasteiger partial charge in [-0.05, 0) is 55.0 Å². The largest absolute Gasteiger partial charge is 0.322 e. The van der Waals surface area contributed by atoms with E-state index in [1.807, 2.05) is 25.1 Å². The van der Waals surface area contributed by atoms with Gasteiger partial charge in [-0.3, -0.25) is 9.59 Å². The summed E-state index contributed by atoms with van der Waals surface area (Å²) < 4.78 is 0. The van der Waals surface area contributed by atoms with Crippen molar-refractivity contribution in [3.8, 4) is 6.07 Å². The number of nitriles is 1. The van der Waals surface area contributed by atoms with Crippen LogP contribution in [0, 0.1) is 11.3 Å². The highest BCUT2D eigenvalue weighted by Crippen LogP contribution is 2.31. The molecule has 5 nitrogen and oxygen atoms in total. The summed E-state index contributed by atoms with van der Waals surface area (Å²) in [6.45, 7) is 2.58. The third kappa shape index (κ3) is 2.79. The first-order valence-electron chi connectivity index (χ1n) is 7.37. The molecular weight excluding hydrogens is 290 g/mol. The molecule has 2 aromatic rings. The quantitative estimate of drug-likeness (QED) is 0.947. The van der Waals surface area contributed by atoms with Crippen molar-refractivity contribution in [1.29, 1.82) is 5.26 Å². The molecule has 0 saturated carbocycles. The maximum Gasteiger partial charge on any atom is 0.255 e. The first-order chi connectivity index (χ1) is 11.1. The number of nitrogens with zero attached hydrogens (tertiary/aromatic N) is 2. The standard InChI is InChI=1S/C18H15N3O2/c1-2-21-16-8-7-15(9-14(16)10-17(21)22)20-18(23)13-5-3-12(11-19)4-6-13/h3-9H,2,10H2,1H3,(H,20,23). The number of fused-ring (bicyclic) bond motifs is 1. The average molecular weight is 305 g/mol. The van der Waals surface area contributed by atoms with Crippen LogP contribution in [0.1, 0.15) is 28.4 Å². The van der Waals surface area contributed by atoms with Crippen LogP contribution in [0.5, 0.6) is 0 Å². The van der Waals surface area contributed by atoms with Crippen LogP contribution in [0.2, 0.25) is 0 Å². The number of benzene rings is 2. The van der Waals surface area contributed by atoms with Crippen molar-refractivity contribution in [1.82, 2.24) is 0 Å². The maximum absolute atomic E-state index is 12.2. The van der Waals surface area contributed by atoms with Crippen molar-refractivity contribution in [3.63, 3.8) is 0 Å². The van der Waals surface area contributed by atoms with E-state index in [9.17, 15) is 9.59 Å². The molecule has 0 aliphatic carbocycles. The summed E-state index contributed by atoms with van der Waals surface area (Å²) in [5, 5.41) is 11.6. The Balaban J connectivity index is 1.79. The van der Waals surface area contributed by atoms with E-state index in [-0.39, 0.29) is 11.8 Å². The number of anilines is 2. The maximum atomic E-state index is 12.2. The lowest BCUT2D eigenvalue weighted by Crippen LogP contribution is -2.25. The van der Waals surface area contributed by atoms with Crippen molar-refractivity contribution in [2.24, 2.45) is 0 Å². The fourth-order valence-corrected chi connectivity index (χ4v) is 2.71. The van der Waals surface area contributed by atoms with Gasteiger partial charge in [-0.1, -0.05) is 0 Å². The van der Waals surface area contributed by atoms with Gasteiger partial charge >= 0.3 is 0 Å². The Hall–Kier alpha value is -3.13. The van der Waals surface area contributed by atoms with Crippen LogP contribution in [-0.4, -0.2) is 18.4 Å². The zero-order valence-electron chi connectivity index (χ0n) is 12.7. The lowest BCUT2D eigenvalue weighted by Gasteiger charge is -2.15. The van der Waals surface area contributed by atoms with Crippen LogP contribution in [-0.2, 0) is 11.2 Å². The first kappa shape index (κ1) is 14.8. The molecule has 0 radical (unpaired) electrons. The van der Waals surface area contributed by atoms with E-state index in [1.54, 1.807) is 35.2 Å². The minimum absolute atomic E-state index is 0.0815. The van der Waals surface area contributed by atoms with E-state index in [4.69, 9.17) is 5.26 Å². The second-order valence-electron chi connectivity index (χ2n) is 5.30. The van der Waals surface area contributed by atoms with Crippen LogP contribution in [0.25, 0.3) is 0 Å². The molecule has 2 amide bonds. The van der Waals surface area contributed by atoms with Crippen LogP contribution in [0.4, 0.5) is 11.4 Å². The number of amides is 2. The van der Waals surface area contributed by atoms with E-state index in [1.165, 1.54) is 0 Å². The lowest BCUT2D eigenvalue weighted by molar-refractivity contribution is -0.117. The van der Waals surface area contributed by atoms with Crippen molar-refractivity contribution in [2.75, 3.05) is 16.8 Å². The molecule has 1 aliphatic heterocycles. The summed E-state index contributed by atoms with van der Waals surface area (Å²) in [6, 6.07) is 13.9. The molecule has 0 saturated heterocycles. The molecule has 0 fully saturated rings. The summed E-state index contributed by atoms with van der Waals surface area (Å²) in [6.07, 6.45) is 0.365. The van der Waals surface area contributed by atoms with Crippen molar-refractivity contribution in [3.05, 3.63) is 59.2 Å². The summed E-state index contributed by atoms with van der Waals surface area (Å²) in [4.78, 5) is 25.9. The van der Waals surface area contributed by atoms with Crippen LogP contribution in [0.3, 0.4) is 0 Å². The molecule has 114 valence electrons. The highest BCUT2D eigenvalue weighted by molar-refractivity contribution is 6.06. The van der Waals surface area contributed by atoms with Gasteiger partial charge in [0.2, 0.25) is 5.91 Å². The first-order valence-corrected chi connectivity index (χ1v) is 7.37. The van der Waals surface area contributed by atoms with E-state index < -0.39 is 0 Å². The topological polar surface area (TPSA) is 73.2 Å². The Kier molecular flexibility index (Phi) is 3.82. The van der Waals surface area contributed by atoms with Gasteiger partial charge in [-0.25, -0.2) is 0 Å². The molecule has 2 aromatic carbocycles. The highest BCUT2D eigenvalue weighted by Gasteiger charge is 2.26. The molecule has 1 heterocycles. The summed E-state index contributed by atoms with van der Waals surface area (Å²) in [5.74, 6) is -0.163. The lowest BCUT2D eigenvalue weighted by atomic mass is 10.1. The highest BCUT2D eigenvalue weighted by atomic mass is 16.2. The predicted octanol–water partition coefficient (Wildman–Crippen LogP) is 2.72. The molecule has 0 atom stereocenters. The zero-order valence-corrected chi connectivity index (χ0v) is 12.7. The molecule has 1 aliphatic rings. The molecular formula is C18H15N3O2. The number of likely N-dealkylation sites (N-methyl/N-ethyl adjacent to an activating group) is 1. The van der Waals surface area contributed by atoms with Gasteiger partial charge in [-0.15, -0.1) is 0 Å². The van der Waals surface area contributed by atoms with Crippen molar-refractivity contribution >= 4 is 23.2 Å². The Morgan fingerprint density at radius 3 is 2.65 bits per heavy atom. The Labute approximate surface area is 134 Å². The van der Waals surface area contributed by atoms with E-state index in [0.29, 0.717) is 29.8 Å². The third-order valence-electron chi connectivity index (χ3n) is 3.86. The Morgan fingerprint density at radius 1 is 1.26 bits per heavy atom. The zero-order chi connectivity index (χ0) is 16.4. The van der Waals surface area contributed by atoms with E-state index in [0.717, 1.165) is 11.3 Å². The monoisotopic (exact) mass is 305 g/mol. The average Bonchev–Trinajstić information content (AvgIpc) is 2.89. The molecule has 0 unspecified atom stereocenters. The normalized spacial score (nSPS) is 12.7. The summed E-state index contributed by atoms with van der Waals surface area (Å²) in [5.41, 5.74) is 3.49. The molecule has 0 spiro atoms. The van der Waals surface area contributed by atoms with Gasteiger partial charge in [0.1, 0.15) is 0 Å². The Morgan fingerprint density at radius 2 is 2.00 bits per heavy atom. The predicted molar refractivity (Wildman–Crippen MR) is 87.3 cm³/mol. The molecule has 0 aromatic heterocycles. The molecule has 3 rings (SSSR count). The second-order valence-corrected chi connectivity index (χ2v) is 5.30. The fourth-order valence-electron chi connectivity index (χ4n) is 2.71. The van der Waals surface area contributed by atoms with E-state index in [2.05, 4.69) is 5.32 Å². The molecule has 23 heavy (non-hydrogen) atoms. The van der Waals surface area contributed by atoms with Crippen LogP contribution in [0.15, 0.2) is 42.5 Å². The number of carbonyl (C=O) groups excluding carboxylic acids is 2. The number of carbonyl (C=O) groups is 2. The van der Waals surface area contributed by atoms with Crippen molar-refractivity contribution < 1.29 is 9.59 Å². The van der Waals surface area contributed by atoms with Gasteiger partial charge in [0.25, 0.3) is 5.91 Å². The molecule has 5 heteroatoms. The smallest absolute Gasteiger partial charge is 0.255 e. The van der Waals surface area contributed by atoms with Gasteiger partial charge in [0.15, 0.2) is 0 Å². The van der Waals surface area contributed by atoms with E-state index >= 15 is 0 Å². The SMILES string of the molecule is CCN1C(=O)Cc2cc(NC(=O)c3ccc(C#N)cc3)ccc21. The van der Waals surface area contributed by atoms with Gasteiger partial charge < -0.3 is 10.2 Å². The number of hydrogen-bond acceptors (Lipinski definition) is 3. The molecule has 0 bridgehead atoms. The van der Waals surface area contributed by atoms with Crippen LogP contribution < -0.4 is 10.2 Å². The number of nitrogens with one attached hydrogen (secondary N) is 1. The minimum Gasteiger partial charge on any atom is -0.322 e. The fraction of sp³-hybridized carbons (Fsp3) is 0.167. The summed E-state index contributed by atoms with van der Waals surface area (Å²) in [7, 11) is 0. The van der Waals surface area contributed by atoms with Crippen LogP contribution >= 0.6 is 0 Å². The number of hydrogen-bond donors (Lipinski definition) is 1. The minimum atomic E-state index is -0.244. The van der Waals surface area contributed by atoms with Gasteiger partial charge in [-0.2, -0.15) is 5.26 Å². The second kappa shape index (κ2) is 5.93. The third-order valence-corrected chi connectivity index (χ3v) is 3.86.